The zero-order valence-corrected chi connectivity index (χ0v) is 19.8. The molecular formula is C23H24N8O3S. The molecule has 3 aliphatic rings. The number of hydrogen-bond acceptors (Lipinski definition) is 8. The first kappa shape index (κ1) is 21.7. The van der Waals surface area contributed by atoms with Crippen LogP contribution >= 0.6 is 11.3 Å². The van der Waals surface area contributed by atoms with E-state index in [2.05, 4.69) is 15.7 Å². The lowest BCUT2D eigenvalue weighted by molar-refractivity contribution is -0.115. The van der Waals surface area contributed by atoms with E-state index in [1.807, 2.05) is 18.2 Å². The number of likely N-dealkylation sites (N-methyl/N-ethyl adjacent to an activating group) is 1. The molecule has 1 unspecified atom stereocenters. The van der Waals surface area contributed by atoms with Crippen LogP contribution in [0.5, 0.6) is 0 Å². The molecule has 0 aromatic carbocycles. The van der Waals surface area contributed by atoms with Gasteiger partial charge in [-0.15, -0.1) is 11.3 Å². The normalized spacial score (nSPS) is 21.4. The second kappa shape index (κ2) is 8.17. The molecule has 3 aromatic rings. The van der Waals surface area contributed by atoms with E-state index in [0.29, 0.717) is 40.9 Å². The van der Waals surface area contributed by atoms with E-state index in [-0.39, 0.29) is 17.6 Å². The number of likely N-dealkylation sites (tertiary alicyclic amines) is 1. The SMILES string of the molecule is CN1C(=O)NC(=O)/C1=C/c1cnn2c(NC3CC3)cc(-c3ccc(C(=O)N4CCC(N)C4)s3)nc12. The maximum absolute atomic E-state index is 12.9. The van der Waals surface area contributed by atoms with E-state index in [1.165, 1.54) is 23.3 Å². The molecule has 4 N–H and O–H groups in total. The minimum atomic E-state index is -0.475. The summed E-state index contributed by atoms with van der Waals surface area (Å²) in [5, 5.41) is 10.2. The molecule has 1 aliphatic carbocycles. The molecule has 2 aliphatic heterocycles. The van der Waals surface area contributed by atoms with Crippen LogP contribution in [-0.4, -0.2) is 74.5 Å². The molecule has 0 spiro atoms. The number of nitrogens with one attached hydrogen (secondary N) is 2. The number of thiophene rings is 1. The van der Waals surface area contributed by atoms with Crippen LogP contribution in [0.2, 0.25) is 0 Å². The van der Waals surface area contributed by atoms with E-state index in [0.717, 1.165) is 30.0 Å². The summed E-state index contributed by atoms with van der Waals surface area (Å²) < 4.78 is 1.70. The standard InChI is InChI=1S/C23H24N8O3S/c1-29-16(21(32)28-23(29)34)8-12-10-25-31-19(26-14-2-3-14)9-15(27-20(12)31)17-4-5-18(35-17)22(33)30-7-6-13(24)11-30/h4-5,8-10,13-14,26H,2-3,6-7,11,24H2,1H3,(H,28,32,34)/b16-8-. The summed E-state index contributed by atoms with van der Waals surface area (Å²) in [5.74, 6) is 0.304. The van der Waals surface area contributed by atoms with Gasteiger partial charge in [0.15, 0.2) is 5.65 Å². The number of aromatic nitrogens is 3. The van der Waals surface area contributed by atoms with Crippen molar-refractivity contribution in [3.63, 3.8) is 0 Å². The van der Waals surface area contributed by atoms with Gasteiger partial charge < -0.3 is 16.0 Å². The Kier molecular flexibility index (Phi) is 5.07. The summed E-state index contributed by atoms with van der Waals surface area (Å²) in [6.45, 7) is 1.25. The van der Waals surface area contributed by atoms with E-state index in [4.69, 9.17) is 10.7 Å². The van der Waals surface area contributed by atoms with Gasteiger partial charge in [-0.2, -0.15) is 9.61 Å². The van der Waals surface area contributed by atoms with E-state index in [1.54, 1.807) is 21.7 Å². The molecule has 0 radical (unpaired) electrons. The largest absolute Gasteiger partial charge is 0.367 e. The fourth-order valence-corrected chi connectivity index (χ4v) is 5.22. The van der Waals surface area contributed by atoms with Crippen LogP contribution in [0.3, 0.4) is 0 Å². The Hall–Kier alpha value is -3.77. The third-order valence-electron chi connectivity index (χ3n) is 6.42. The molecule has 12 heteroatoms. The highest BCUT2D eigenvalue weighted by Crippen LogP contribution is 2.33. The van der Waals surface area contributed by atoms with Crippen LogP contribution in [0.15, 0.2) is 30.1 Å². The predicted molar refractivity (Wildman–Crippen MR) is 131 cm³/mol. The van der Waals surface area contributed by atoms with Gasteiger partial charge in [-0.25, -0.2) is 9.78 Å². The number of hydrogen-bond donors (Lipinski definition) is 3. The van der Waals surface area contributed by atoms with Crippen LogP contribution in [0.1, 0.15) is 34.5 Å². The average molecular weight is 493 g/mol. The van der Waals surface area contributed by atoms with Crippen molar-refractivity contribution in [3.05, 3.63) is 40.5 Å². The van der Waals surface area contributed by atoms with Crippen LogP contribution in [0.25, 0.3) is 22.3 Å². The van der Waals surface area contributed by atoms with Crippen LogP contribution in [0.4, 0.5) is 10.6 Å². The molecular weight excluding hydrogens is 468 g/mol. The molecule has 1 saturated carbocycles. The van der Waals surface area contributed by atoms with E-state index in [9.17, 15) is 14.4 Å². The fraction of sp³-hybridized carbons (Fsp3) is 0.348. The first-order valence-electron chi connectivity index (χ1n) is 11.5. The number of nitrogens with two attached hydrogens (primary N) is 1. The van der Waals surface area contributed by atoms with Gasteiger partial charge in [0.2, 0.25) is 0 Å². The van der Waals surface area contributed by atoms with Crippen molar-refractivity contribution in [1.82, 2.24) is 29.7 Å². The zero-order chi connectivity index (χ0) is 24.3. The van der Waals surface area contributed by atoms with Gasteiger partial charge in [-0.05, 0) is 37.5 Å². The second-order valence-electron chi connectivity index (χ2n) is 9.09. The maximum atomic E-state index is 12.9. The molecule has 2 saturated heterocycles. The molecule has 35 heavy (non-hydrogen) atoms. The molecule has 3 fully saturated rings. The van der Waals surface area contributed by atoms with Gasteiger partial charge in [-0.1, -0.05) is 0 Å². The first-order chi connectivity index (χ1) is 16.9. The van der Waals surface area contributed by atoms with Gasteiger partial charge >= 0.3 is 6.03 Å². The Balaban J connectivity index is 1.40. The molecule has 0 bridgehead atoms. The van der Waals surface area contributed by atoms with Crippen LogP contribution < -0.4 is 16.4 Å². The third-order valence-corrected chi connectivity index (χ3v) is 7.52. The number of carbonyl (C=O) groups is 3. The van der Waals surface area contributed by atoms with Crippen LogP contribution in [0, 0.1) is 0 Å². The van der Waals surface area contributed by atoms with E-state index >= 15 is 0 Å². The molecule has 180 valence electrons. The van der Waals surface area contributed by atoms with Gasteiger partial charge in [0.05, 0.1) is 21.6 Å². The Bertz CT molecular complexity index is 1400. The maximum Gasteiger partial charge on any atom is 0.328 e. The van der Waals surface area contributed by atoms with Gasteiger partial charge in [0, 0.05) is 43.9 Å². The van der Waals surface area contributed by atoms with Crippen molar-refractivity contribution in [2.24, 2.45) is 5.73 Å². The van der Waals surface area contributed by atoms with Gasteiger partial charge in [0.1, 0.15) is 11.5 Å². The van der Waals surface area contributed by atoms with Crippen molar-refractivity contribution in [2.45, 2.75) is 31.3 Å². The van der Waals surface area contributed by atoms with E-state index < -0.39 is 11.9 Å². The van der Waals surface area contributed by atoms with Gasteiger partial charge in [-0.3, -0.25) is 19.8 Å². The van der Waals surface area contributed by atoms with Crippen LogP contribution in [-0.2, 0) is 4.79 Å². The highest BCUT2D eigenvalue weighted by molar-refractivity contribution is 7.17. The minimum Gasteiger partial charge on any atom is -0.367 e. The Morgan fingerprint density at radius 3 is 2.80 bits per heavy atom. The number of anilines is 1. The van der Waals surface area contributed by atoms with Crippen molar-refractivity contribution < 1.29 is 14.4 Å². The number of urea groups is 1. The minimum absolute atomic E-state index is 0.0127. The highest BCUT2D eigenvalue weighted by atomic mass is 32.1. The molecule has 6 rings (SSSR count). The second-order valence-corrected chi connectivity index (χ2v) is 10.2. The highest BCUT2D eigenvalue weighted by Gasteiger charge is 2.31. The number of fused-ring (bicyclic) bond motifs is 1. The Morgan fingerprint density at radius 1 is 1.29 bits per heavy atom. The molecule has 1 atom stereocenters. The number of amides is 4. The molecule has 11 nitrogen and oxygen atoms in total. The van der Waals surface area contributed by atoms with Crippen molar-refractivity contribution >= 4 is 46.7 Å². The smallest absolute Gasteiger partial charge is 0.328 e. The average Bonchev–Trinajstić information content (AvgIpc) is 3.19. The zero-order valence-electron chi connectivity index (χ0n) is 19.0. The summed E-state index contributed by atoms with van der Waals surface area (Å²) in [7, 11) is 1.54. The molecule has 5 heterocycles. The molecule has 3 aromatic heterocycles. The predicted octanol–water partition coefficient (Wildman–Crippen LogP) is 1.73. The number of carbonyl (C=O) groups excluding carboxylic acids is 3. The summed E-state index contributed by atoms with van der Waals surface area (Å²) in [6, 6.07) is 5.59. The van der Waals surface area contributed by atoms with Crippen molar-refractivity contribution in [2.75, 3.05) is 25.5 Å². The molecule has 4 amide bonds. The number of imide groups is 1. The lowest BCUT2D eigenvalue weighted by atomic mass is 10.2. The van der Waals surface area contributed by atoms with Gasteiger partial charge in [0.25, 0.3) is 11.8 Å². The third kappa shape index (κ3) is 3.94. The first-order valence-corrected chi connectivity index (χ1v) is 12.3. The summed E-state index contributed by atoms with van der Waals surface area (Å²) >= 11 is 1.39. The fourth-order valence-electron chi connectivity index (χ4n) is 4.28. The summed E-state index contributed by atoms with van der Waals surface area (Å²) in [6.07, 6.45) is 6.22. The summed E-state index contributed by atoms with van der Waals surface area (Å²) in [4.78, 5) is 46.4. The Labute approximate surface area is 204 Å². The topological polar surface area (TPSA) is 138 Å². The monoisotopic (exact) mass is 492 g/mol. The Morgan fingerprint density at radius 2 is 2.11 bits per heavy atom. The van der Waals surface area contributed by atoms with Crippen molar-refractivity contribution in [1.29, 1.82) is 0 Å². The number of rotatable bonds is 5. The van der Waals surface area contributed by atoms with Crippen molar-refractivity contribution in [3.8, 4) is 10.6 Å². The lowest BCUT2D eigenvalue weighted by Gasteiger charge is -2.14. The summed E-state index contributed by atoms with van der Waals surface area (Å²) in [5.41, 5.74) is 8.05. The lowest BCUT2D eigenvalue weighted by Crippen LogP contribution is -2.31. The number of nitrogens with zero attached hydrogens (tertiary/aromatic N) is 5. The quantitative estimate of drug-likeness (QED) is 0.364.